The van der Waals surface area contributed by atoms with Gasteiger partial charge in [-0.05, 0) is 48.6 Å². The first kappa shape index (κ1) is 14.6. The minimum absolute atomic E-state index is 0.0578. The molecule has 5 nitrogen and oxygen atoms in total. The van der Waals surface area contributed by atoms with Gasteiger partial charge in [0.25, 0.3) is 0 Å². The quantitative estimate of drug-likeness (QED) is 0.794. The summed E-state index contributed by atoms with van der Waals surface area (Å²) in [6, 6.07) is 15.9. The number of hydrogen-bond acceptors (Lipinski definition) is 4. The van der Waals surface area contributed by atoms with E-state index in [4.69, 9.17) is 4.42 Å². The molecule has 2 aromatic carbocycles. The van der Waals surface area contributed by atoms with Crippen LogP contribution in [-0.4, -0.2) is 16.1 Å². The molecule has 1 saturated carbocycles. The van der Waals surface area contributed by atoms with E-state index in [-0.39, 0.29) is 11.8 Å². The highest BCUT2D eigenvalue weighted by Gasteiger charge is 2.43. The Morgan fingerprint density at radius 2 is 2.04 bits per heavy atom. The number of anilines is 1. The molecule has 0 spiro atoms. The third-order valence-corrected chi connectivity index (χ3v) is 4.45. The molecular formula is C19H17N3O2. The lowest BCUT2D eigenvalue weighted by atomic mass is 10.1. The minimum Gasteiger partial charge on any atom is -0.423 e. The lowest BCUT2D eigenvalue weighted by molar-refractivity contribution is -0.117. The van der Waals surface area contributed by atoms with Gasteiger partial charge in [0.15, 0.2) is 0 Å². The van der Waals surface area contributed by atoms with Crippen LogP contribution in [0.2, 0.25) is 0 Å². The summed E-state index contributed by atoms with van der Waals surface area (Å²) in [4.78, 5) is 12.5. The standard InChI is InChI=1S/C19H17N3O2/c1-12-9-14(19-22-20-11-24-19)7-8-17(12)21-18(23)16-10-15(16)13-5-3-2-4-6-13/h2-9,11,15-16H,10H2,1H3,(H,21,23)/t15-,16-/m1/s1. The van der Waals surface area contributed by atoms with Crippen molar-refractivity contribution in [2.24, 2.45) is 5.92 Å². The Labute approximate surface area is 139 Å². The Kier molecular flexibility index (Phi) is 3.61. The second-order valence-corrected chi connectivity index (χ2v) is 6.12. The Morgan fingerprint density at radius 1 is 1.21 bits per heavy atom. The molecule has 1 aliphatic rings. The third-order valence-electron chi connectivity index (χ3n) is 4.45. The molecule has 24 heavy (non-hydrogen) atoms. The summed E-state index contributed by atoms with van der Waals surface area (Å²) in [5, 5.41) is 10.6. The van der Waals surface area contributed by atoms with E-state index in [9.17, 15) is 4.79 Å². The van der Waals surface area contributed by atoms with E-state index in [0.29, 0.717) is 11.8 Å². The summed E-state index contributed by atoms with van der Waals surface area (Å²) in [7, 11) is 0. The molecule has 1 heterocycles. The molecule has 2 atom stereocenters. The fraction of sp³-hybridized carbons (Fsp3) is 0.211. The summed E-state index contributed by atoms with van der Waals surface area (Å²) in [5.41, 5.74) is 3.87. The summed E-state index contributed by atoms with van der Waals surface area (Å²) < 4.78 is 5.20. The maximum atomic E-state index is 12.5. The Hall–Kier alpha value is -2.95. The van der Waals surface area contributed by atoms with E-state index in [1.54, 1.807) is 0 Å². The van der Waals surface area contributed by atoms with Gasteiger partial charge in [-0.15, -0.1) is 10.2 Å². The molecule has 0 saturated heterocycles. The van der Waals surface area contributed by atoms with Crippen LogP contribution < -0.4 is 5.32 Å². The average molecular weight is 319 g/mol. The topological polar surface area (TPSA) is 68.0 Å². The van der Waals surface area contributed by atoms with E-state index in [0.717, 1.165) is 23.2 Å². The van der Waals surface area contributed by atoms with Crippen molar-refractivity contribution in [2.75, 3.05) is 5.32 Å². The van der Waals surface area contributed by atoms with Crippen LogP contribution in [0, 0.1) is 12.8 Å². The summed E-state index contributed by atoms with van der Waals surface area (Å²) in [5.74, 6) is 0.950. The lowest BCUT2D eigenvalue weighted by Gasteiger charge is -2.09. The largest absolute Gasteiger partial charge is 0.423 e. The van der Waals surface area contributed by atoms with Crippen molar-refractivity contribution in [3.63, 3.8) is 0 Å². The molecule has 0 aliphatic heterocycles. The van der Waals surface area contributed by atoms with Crippen molar-refractivity contribution in [1.82, 2.24) is 10.2 Å². The monoisotopic (exact) mass is 319 g/mol. The highest BCUT2D eigenvalue weighted by atomic mass is 16.4. The third kappa shape index (κ3) is 2.80. The fourth-order valence-corrected chi connectivity index (χ4v) is 3.01. The molecule has 1 aliphatic carbocycles. The SMILES string of the molecule is Cc1cc(-c2nnco2)ccc1NC(=O)[C@@H]1C[C@@H]1c1ccccc1. The number of rotatable bonds is 4. The second kappa shape index (κ2) is 5.92. The molecule has 1 fully saturated rings. The highest BCUT2D eigenvalue weighted by Crippen LogP contribution is 2.48. The number of aryl methyl sites for hydroxylation is 1. The van der Waals surface area contributed by atoms with Crippen LogP contribution >= 0.6 is 0 Å². The lowest BCUT2D eigenvalue weighted by Crippen LogP contribution is -2.15. The van der Waals surface area contributed by atoms with Gasteiger partial charge in [0.1, 0.15) is 0 Å². The van der Waals surface area contributed by atoms with E-state index in [1.807, 2.05) is 43.3 Å². The number of benzene rings is 2. The first-order valence-corrected chi connectivity index (χ1v) is 7.95. The predicted octanol–water partition coefficient (Wildman–Crippen LogP) is 3.79. The van der Waals surface area contributed by atoms with Crippen LogP contribution in [0.3, 0.4) is 0 Å². The Bertz CT molecular complexity index is 860. The van der Waals surface area contributed by atoms with Crippen molar-refractivity contribution in [3.8, 4) is 11.5 Å². The number of carbonyl (C=O) groups excluding carboxylic acids is 1. The number of hydrogen-bond donors (Lipinski definition) is 1. The number of amides is 1. The van der Waals surface area contributed by atoms with E-state index >= 15 is 0 Å². The van der Waals surface area contributed by atoms with E-state index in [1.165, 1.54) is 12.0 Å². The van der Waals surface area contributed by atoms with Crippen LogP contribution in [0.4, 0.5) is 5.69 Å². The average Bonchev–Trinajstić information content (AvgIpc) is 3.23. The molecule has 0 radical (unpaired) electrons. The predicted molar refractivity (Wildman–Crippen MR) is 90.4 cm³/mol. The minimum atomic E-state index is 0.0578. The number of carbonyl (C=O) groups is 1. The van der Waals surface area contributed by atoms with Crippen LogP contribution in [0.1, 0.15) is 23.5 Å². The van der Waals surface area contributed by atoms with Crippen LogP contribution in [0.15, 0.2) is 59.3 Å². The molecule has 120 valence electrons. The first-order valence-electron chi connectivity index (χ1n) is 7.95. The van der Waals surface area contributed by atoms with Gasteiger partial charge in [0.2, 0.25) is 18.2 Å². The van der Waals surface area contributed by atoms with Gasteiger partial charge >= 0.3 is 0 Å². The summed E-state index contributed by atoms with van der Waals surface area (Å²) >= 11 is 0. The van der Waals surface area contributed by atoms with Gasteiger partial charge in [-0.25, -0.2) is 0 Å². The van der Waals surface area contributed by atoms with Gasteiger partial charge in [-0.3, -0.25) is 4.79 Å². The molecule has 0 bridgehead atoms. The molecule has 5 heteroatoms. The van der Waals surface area contributed by atoms with Crippen molar-refractivity contribution < 1.29 is 9.21 Å². The number of nitrogens with zero attached hydrogens (tertiary/aromatic N) is 2. The van der Waals surface area contributed by atoms with Crippen molar-refractivity contribution >= 4 is 11.6 Å². The van der Waals surface area contributed by atoms with Gasteiger partial charge in [-0.1, -0.05) is 30.3 Å². The molecular weight excluding hydrogens is 302 g/mol. The number of nitrogens with one attached hydrogen (secondary N) is 1. The van der Waals surface area contributed by atoms with Crippen molar-refractivity contribution in [2.45, 2.75) is 19.3 Å². The van der Waals surface area contributed by atoms with Crippen LogP contribution in [-0.2, 0) is 4.79 Å². The maximum Gasteiger partial charge on any atom is 0.247 e. The zero-order valence-corrected chi connectivity index (χ0v) is 13.3. The van der Waals surface area contributed by atoms with Gasteiger partial charge in [0.05, 0.1) is 0 Å². The molecule has 1 N–H and O–H groups in total. The molecule has 3 aromatic rings. The second-order valence-electron chi connectivity index (χ2n) is 6.12. The Balaban J connectivity index is 1.45. The molecule has 4 rings (SSSR count). The Morgan fingerprint density at radius 3 is 2.75 bits per heavy atom. The van der Waals surface area contributed by atoms with Crippen molar-refractivity contribution in [1.29, 1.82) is 0 Å². The smallest absolute Gasteiger partial charge is 0.247 e. The molecule has 0 unspecified atom stereocenters. The van der Waals surface area contributed by atoms with Crippen LogP contribution in [0.5, 0.6) is 0 Å². The highest BCUT2D eigenvalue weighted by molar-refractivity contribution is 5.96. The maximum absolute atomic E-state index is 12.5. The van der Waals surface area contributed by atoms with Crippen LogP contribution in [0.25, 0.3) is 11.5 Å². The van der Waals surface area contributed by atoms with Gasteiger partial charge in [0, 0.05) is 17.2 Å². The van der Waals surface area contributed by atoms with E-state index < -0.39 is 0 Å². The molecule has 1 aromatic heterocycles. The molecule has 1 amide bonds. The fourth-order valence-electron chi connectivity index (χ4n) is 3.01. The zero-order valence-electron chi connectivity index (χ0n) is 13.3. The number of aromatic nitrogens is 2. The zero-order chi connectivity index (χ0) is 16.5. The van der Waals surface area contributed by atoms with Crippen molar-refractivity contribution in [3.05, 3.63) is 66.1 Å². The van der Waals surface area contributed by atoms with Gasteiger partial charge in [-0.2, -0.15) is 0 Å². The van der Waals surface area contributed by atoms with E-state index in [2.05, 4.69) is 27.6 Å². The van der Waals surface area contributed by atoms with Gasteiger partial charge < -0.3 is 9.73 Å². The normalized spacial score (nSPS) is 19.0. The summed E-state index contributed by atoms with van der Waals surface area (Å²) in [6.45, 7) is 1.96. The summed E-state index contributed by atoms with van der Waals surface area (Å²) in [6.07, 6.45) is 2.21. The first-order chi connectivity index (χ1) is 11.7.